The fourth-order valence-electron chi connectivity index (χ4n) is 0.0909. The van der Waals surface area contributed by atoms with Crippen molar-refractivity contribution in [2.24, 2.45) is 5.10 Å². The minimum absolute atomic E-state index is 1.37. The van der Waals surface area contributed by atoms with Gasteiger partial charge in [-0.15, -0.1) is 0 Å². The Bertz CT molecular complexity index is 59.8. The third-order valence-electron chi connectivity index (χ3n) is 0.239. The van der Waals surface area contributed by atoms with E-state index in [9.17, 15) is 4.79 Å². The molecule has 1 amide bonds. The Kier molecular flexibility index (Phi) is 3.55. The number of carbonyl (C=O) groups excluding carboxylic acids is 1. The lowest BCUT2D eigenvalue weighted by Crippen LogP contribution is -1.98. The van der Waals surface area contributed by atoms with Gasteiger partial charge >= 0.3 is 6.41 Å². The lowest BCUT2D eigenvalue weighted by Gasteiger charge is -1.72. The Morgan fingerprint density at radius 1 is 2.00 bits per heavy atom. The number of amides is 1. The SMILES string of the molecule is CC=NN[C]=O. The maximum absolute atomic E-state index is 9.21. The largest absolute Gasteiger partial charge is 0.331 e. The summed E-state index contributed by atoms with van der Waals surface area (Å²) in [4.78, 5) is 9.21. The van der Waals surface area contributed by atoms with Gasteiger partial charge in [0.1, 0.15) is 0 Å². The van der Waals surface area contributed by atoms with E-state index in [0.717, 1.165) is 0 Å². The van der Waals surface area contributed by atoms with E-state index < -0.39 is 0 Å². The second-order valence-corrected chi connectivity index (χ2v) is 0.601. The van der Waals surface area contributed by atoms with Crippen LogP contribution in [0, 0.1) is 0 Å². The predicted octanol–water partition coefficient (Wildman–Crippen LogP) is -0.351. The molecule has 0 aromatic carbocycles. The molecule has 0 atom stereocenters. The van der Waals surface area contributed by atoms with Gasteiger partial charge in [0.25, 0.3) is 0 Å². The van der Waals surface area contributed by atoms with Gasteiger partial charge in [-0.05, 0) is 6.92 Å². The molecule has 0 fully saturated rings. The average molecular weight is 85.1 g/mol. The number of nitrogens with one attached hydrogen (secondary N) is 1. The van der Waals surface area contributed by atoms with Crippen LogP contribution in [0.15, 0.2) is 5.10 Å². The highest BCUT2D eigenvalue weighted by molar-refractivity contribution is 5.56. The molecule has 1 N–H and O–H groups in total. The molecule has 0 aliphatic rings. The minimum Gasteiger partial charge on any atom is -0.262 e. The van der Waals surface area contributed by atoms with Crippen molar-refractivity contribution in [2.75, 3.05) is 0 Å². The summed E-state index contributed by atoms with van der Waals surface area (Å²) in [5.41, 5.74) is 1.96. The van der Waals surface area contributed by atoms with Gasteiger partial charge in [-0.3, -0.25) is 4.79 Å². The quantitative estimate of drug-likeness (QED) is 0.278. The topological polar surface area (TPSA) is 41.5 Å². The molecule has 3 heteroatoms. The van der Waals surface area contributed by atoms with Crippen molar-refractivity contribution < 1.29 is 4.79 Å². The third-order valence-corrected chi connectivity index (χ3v) is 0.239. The van der Waals surface area contributed by atoms with Crippen molar-refractivity contribution in [3.05, 3.63) is 0 Å². The van der Waals surface area contributed by atoms with Crippen LogP contribution >= 0.6 is 0 Å². The Morgan fingerprint density at radius 2 is 2.67 bits per heavy atom. The first-order valence-corrected chi connectivity index (χ1v) is 1.51. The Morgan fingerprint density at radius 3 is 2.83 bits per heavy atom. The average Bonchev–Trinajstić information content (AvgIpc) is 1.61. The number of nitrogens with zero attached hydrogens (tertiary/aromatic N) is 1. The Balaban J connectivity index is 2.85. The summed E-state index contributed by atoms with van der Waals surface area (Å²) in [6, 6.07) is 0. The van der Waals surface area contributed by atoms with Crippen LogP contribution < -0.4 is 5.43 Å². The molecule has 0 aromatic heterocycles. The zero-order valence-corrected chi connectivity index (χ0v) is 3.43. The van der Waals surface area contributed by atoms with Gasteiger partial charge in [0.15, 0.2) is 0 Å². The number of hydrogen-bond acceptors (Lipinski definition) is 2. The molecule has 0 heterocycles. The summed E-state index contributed by atoms with van der Waals surface area (Å²) in [5, 5.41) is 3.29. The van der Waals surface area contributed by atoms with Gasteiger partial charge in [0, 0.05) is 6.21 Å². The smallest absolute Gasteiger partial charge is 0.262 e. The first kappa shape index (κ1) is 5.14. The van der Waals surface area contributed by atoms with Crippen molar-refractivity contribution in [2.45, 2.75) is 6.92 Å². The van der Waals surface area contributed by atoms with Gasteiger partial charge in [0.2, 0.25) is 0 Å². The van der Waals surface area contributed by atoms with Crippen LogP contribution in [0.3, 0.4) is 0 Å². The molecule has 0 aliphatic carbocycles. The van der Waals surface area contributed by atoms with Gasteiger partial charge in [-0.2, -0.15) is 5.10 Å². The van der Waals surface area contributed by atoms with Crippen molar-refractivity contribution in [3.8, 4) is 0 Å². The van der Waals surface area contributed by atoms with E-state index in [1.54, 1.807) is 6.92 Å². The van der Waals surface area contributed by atoms with Gasteiger partial charge in [0.05, 0.1) is 0 Å². The molecule has 0 rings (SSSR count). The Labute approximate surface area is 36.0 Å². The highest BCUT2D eigenvalue weighted by Gasteiger charge is 1.59. The standard InChI is InChI=1S/C3H5N2O/c1-2-4-5-3-6/h2H,1H3,(H,5,6). The summed E-state index contributed by atoms with van der Waals surface area (Å²) in [7, 11) is 0. The highest BCUT2D eigenvalue weighted by Crippen LogP contribution is 1.43. The van der Waals surface area contributed by atoms with Crippen LogP contribution in [-0.2, 0) is 4.79 Å². The molecule has 0 aliphatic heterocycles. The molecule has 0 saturated heterocycles. The van der Waals surface area contributed by atoms with Crippen LogP contribution in [0.1, 0.15) is 6.92 Å². The number of rotatable bonds is 2. The van der Waals surface area contributed by atoms with Gasteiger partial charge < -0.3 is 0 Å². The molecule has 3 nitrogen and oxygen atoms in total. The first-order chi connectivity index (χ1) is 2.91. The highest BCUT2D eigenvalue weighted by atomic mass is 16.1. The van der Waals surface area contributed by atoms with Crippen molar-refractivity contribution in [1.82, 2.24) is 5.43 Å². The fraction of sp³-hybridized carbons (Fsp3) is 0.333. The zero-order valence-electron chi connectivity index (χ0n) is 3.43. The monoisotopic (exact) mass is 85.0 g/mol. The molecule has 0 bridgehead atoms. The maximum Gasteiger partial charge on any atom is 0.331 e. The van der Waals surface area contributed by atoms with E-state index >= 15 is 0 Å². The van der Waals surface area contributed by atoms with E-state index in [1.165, 1.54) is 12.6 Å². The second-order valence-electron chi connectivity index (χ2n) is 0.601. The summed E-state index contributed by atoms with van der Waals surface area (Å²) < 4.78 is 0. The molecular weight excluding hydrogens is 80.0 g/mol. The molecule has 6 heavy (non-hydrogen) atoms. The Hall–Kier alpha value is -0.860. The number of hydrogen-bond donors (Lipinski definition) is 1. The van der Waals surface area contributed by atoms with Crippen LogP contribution in [-0.4, -0.2) is 12.6 Å². The summed E-state index contributed by atoms with van der Waals surface area (Å²) >= 11 is 0. The van der Waals surface area contributed by atoms with Crippen LogP contribution in [0.4, 0.5) is 0 Å². The molecule has 33 valence electrons. The normalized spacial score (nSPS) is 8.83. The van der Waals surface area contributed by atoms with E-state index in [0.29, 0.717) is 0 Å². The molecule has 0 saturated carbocycles. The molecule has 0 spiro atoms. The minimum atomic E-state index is 1.37. The first-order valence-electron chi connectivity index (χ1n) is 1.51. The van der Waals surface area contributed by atoms with E-state index in [1.807, 2.05) is 5.43 Å². The van der Waals surface area contributed by atoms with Crippen LogP contribution in [0.25, 0.3) is 0 Å². The lowest BCUT2D eigenvalue weighted by atomic mass is 10.9. The summed E-state index contributed by atoms with van der Waals surface area (Å²) in [5.74, 6) is 0. The fourth-order valence-corrected chi connectivity index (χ4v) is 0.0909. The predicted molar refractivity (Wildman–Crippen MR) is 23.0 cm³/mol. The molecular formula is C3H5N2O. The van der Waals surface area contributed by atoms with Crippen LogP contribution in [0.2, 0.25) is 0 Å². The lowest BCUT2D eigenvalue weighted by molar-refractivity contribution is 0.545. The maximum atomic E-state index is 9.21. The van der Waals surface area contributed by atoms with E-state index in [2.05, 4.69) is 5.10 Å². The second kappa shape index (κ2) is 4.14. The number of hydrazone groups is 1. The molecule has 0 unspecified atom stereocenters. The molecule has 1 radical (unpaired) electrons. The van der Waals surface area contributed by atoms with Crippen molar-refractivity contribution in [3.63, 3.8) is 0 Å². The van der Waals surface area contributed by atoms with Gasteiger partial charge in [-0.25, -0.2) is 5.43 Å². The van der Waals surface area contributed by atoms with E-state index in [-0.39, 0.29) is 0 Å². The zero-order chi connectivity index (χ0) is 4.83. The van der Waals surface area contributed by atoms with Gasteiger partial charge in [-0.1, -0.05) is 0 Å². The van der Waals surface area contributed by atoms with Crippen molar-refractivity contribution in [1.29, 1.82) is 0 Å². The van der Waals surface area contributed by atoms with Crippen LogP contribution in [0.5, 0.6) is 0 Å². The molecule has 0 aromatic rings. The van der Waals surface area contributed by atoms with Crippen molar-refractivity contribution >= 4 is 12.6 Å². The summed E-state index contributed by atoms with van der Waals surface area (Å²) in [6.07, 6.45) is 2.83. The van der Waals surface area contributed by atoms with E-state index in [4.69, 9.17) is 0 Å². The third kappa shape index (κ3) is 3.14. The summed E-state index contributed by atoms with van der Waals surface area (Å²) in [6.45, 7) is 1.70.